The Morgan fingerprint density at radius 2 is 1.21 bits per heavy atom. The Hall–Kier alpha value is -2.02. The van der Waals surface area contributed by atoms with Gasteiger partial charge in [0.05, 0.1) is 27.2 Å². The summed E-state index contributed by atoms with van der Waals surface area (Å²) in [5.74, 6) is -0.668. The summed E-state index contributed by atoms with van der Waals surface area (Å²) in [5.41, 5.74) is 23.9. The van der Waals surface area contributed by atoms with Crippen molar-refractivity contribution in [2.24, 2.45) is 5.41 Å². The lowest BCUT2D eigenvalue weighted by atomic mass is 9.87. The van der Waals surface area contributed by atoms with Gasteiger partial charge in [0, 0.05) is 6.07 Å². The summed E-state index contributed by atoms with van der Waals surface area (Å²) in [4.78, 5) is 0. The summed E-state index contributed by atoms with van der Waals surface area (Å²) in [6.45, 7) is 6.16. The Morgan fingerprint density at radius 3 is 1.67 bits per heavy atom. The molecule has 2 aromatic rings. The van der Waals surface area contributed by atoms with E-state index in [1.54, 1.807) is 6.07 Å². The Bertz CT molecular complexity index is 677. The molecule has 0 saturated carbocycles. The molecule has 0 bridgehead atoms. The molecule has 0 saturated heterocycles. The van der Waals surface area contributed by atoms with Crippen molar-refractivity contribution in [3.8, 4) is 0 Å². The highest BCUT2D eigenvalue weighted by molar-refractivity contribution is 9.10. The van der Waals surface area contributed by atoms with Crippen molar-refractivity contribution in [1.82, 2.24) is 0 Å². The molecule has 0 unspecified atom stereocenters. The van der Waals surface area contributed by atoms with E-state index >= 15 is 0 Å². The highest BCUT2D eigenvalue weighted by atomic mass is 79.9. The predicted octanol–water partition coefficient (Wildman–Crippen LogP) is 4.33. The fraction of sp³-hybridized carbons (Fsp3) is 0.294. The third-order valence-electron chi connectivity index (χ3n) is 3.10. The molecule has 0 radical (unpaired) electrons. The minimum Gasteiger partial charge on any atom is -0.397 e. The summed E-state index contributed by atoms with van der Waals surface area (Å²) in [5, 5.41) is 0. The van der Waals surface area contributed by atoms with Gasteiger partial charge in [-0.15, -0.1) is 0 Å². The summed E-state index contributed by atoms with van der Waals surface area (Å²) >= 11 is 2.97. The minimum atomic E-state index is -0.397. The molecule has 0 aliphatic carbocycles. The van der Waals surface area contributed by atoms with Crippen LogP contribution in [0.15, 0.2) is 28.7 Å². The highest BCUT2D eigenvalue weighted by Crippen LogP contribution is 2.26. The van der Waals surface area contributed by atoms with E-state index in [1.807, 2.05) is 0 Å². The van der Waals surface area contributed by atoms with E-state index in [0.717, 1.165) is 0 Å². The molecule has 7 heteroatoms. The average molecular weight is 401 g/mol. The van der Waals surface area contributed by atoms with Crippen LogP contribution in [0.25, 0.3) is 0 Å². The van der Waals surface area contributed by atoms with E-state index < -0.39 is 5.82 Å². The molecule has 0 heterocycles. The monoisotopic (exact) mass is 400 g/mol. The highest BCUT2D eigenvalue weighted by Gasteiger charge is 2.15. The summed E-state index contributed by atoms with van der Waals surface area (Å²) in [7, 11) is 0. The Balaban J connectivity index is 0.000000254. The van der Waals surface area contributed by atoms with E-state index in [1.165, 1.54) is 18.2 Å². The molecular weight excluding hydrogens is 378 g/mol. The largest absolute Gasteiger partial charge is 0.397 e. The van der Waals surface area contributed by atoms with Gasteiger partial charge in [-0.2, -0.15) is 0 Å². The van der Waals surface area contributed by atoms with E-state index in [4.69, 9.17) is 22.9 Å². The number of halogens is 3. The zero-order valence-corrected chi connectivity index (χ0v) is 15.5. The number of anilines is 4. The minimum absolute atomic E-state index is 0.0450. The van der Waals surface area contributed by atoms with Gasteiger partial charge in [0.2, 0.25) is 0 Å². The first-order valence-electron chi connectivity index (χ1n) is 7.24. The van der Waals surface area contributed by atoms with Crippen molar-refractivity contribution in [3.05, 3.63) is 45.9 Å². The topological polar surface area (TPSA) is 104 Å². The number of nitrogen functional groups attached to an aromatic ring is 4. The number of benzene rings is 2. The van der Waals surface area contributed by atoms with Crippen molar-refractivity contribution in [1.29, 1.82) is 0 Å². The smallest absolute Gasteiger partial charge is 0.139 e. The van der Waals surface area contributed by atoms with Crippen LogP contribution in [-0.4, -0.2) is 0 Å². The third-order valence-corrected chi connectivity index (χ3v) is 3.71. The van der Waals surface area contributed by atoms with E-state index in [9.17, 15) is 8.78 Å². The van der Waals surface area contributed by atoms with Crippen molar-refractivity contribution >= 4 is 38.7 Å². The molecule has 0 amide bonds. The molecular formula is C17H23BrF2N4. The fourth-order valence-electron chi connectivity index (χ4n) is 1.94. The molecule has 132 valence electrons. The molecule has 24 heavy (non-hydrogen) atoms. The van der Waals surface area contributed by atoms with Gasteiger partial charge in [-0.3, -0.25) is 0 Å². The molecule has 0 aliphatic rings. The molecule has 8 N–H and O–H groups in total. The number of hydrogen-bond acceptors (Lipinski definition) is 4. The predicted molar refractivity (Wildman–Crippen MR) is 101 cm³/mol. The Labute approximate surface area is 149 Å². The van der Waals surface area contributed by atoms with Crippen LogP contribution >= 0.6 is 15.9 Å². The van der Waals surface area contributed by atoms with Gasteiger partial charge in [-0.1, -0.05) is 20.8 Å². The van der Waals surface area contributed by atoms with Gasteiger partial charge in [0.25, 0.3) is 0 Å². The quantitative estimate of drug-likeness (QED) is 0.534. The second-order valence-corrected chi connectivity index (χ2v) is 7.56. The molecule has 2 aromatic carbocycles. The first-order chi connectivity index (χ1) is 10.9. The van der Waals surface area contributed by atoms with Crippen LogP contribution < -0.4 is 22.9 Å². The SMILES string of the molecule is CC(C)(C)Cc1cc(N)c(N)cc1F.Nc1cc(F)c(Br)cc1N. The van der Waals surface area contributed by atoms with Crippen molar-refractivity contribution < 1.29 is 8.78 Å². The molecule has 0 atom stereocenters. The van der Waals surface area contributed by atoms with Crippen LogP contribution in [0.4, 0.5) is 31.5 Å². The standard InChI is InChI=1S/C11H17FN2.C6H6BrFN2/c1-11(2,3)6-7-4-9(13)10(14)5-8(7)12;7-3-1-5(9)6(10)2-4(3)8/h4-5H,6,13-14H2,1-3H3;1-2H,9-10H2. The van der Waals surface area contributed by atoms with Crippen molar-refractivity contribution in [2.75, 3.05) is 22.9 Å². The lowest BCUT2D eigenvalue weighted by molar-refractivity contribution is 0.402. The lowest BCUT2D eigenvalue weighted by Crippen LogP contribution is -2.11. The average Bonchev–Trinajstić information content (AvgIpc) is 2.42. The fourth-order valence-corrected chi connectivity index (χ4v) is 2.30. The maximum Gasteiger partial charge on any atom is 0.139 e. The van der Waals surface area contributed by atoms with Crippen molar-refractivity contribution in [3.63, 3.8) is 0 Å². The number of rotatable bonds is 1. The van der Waals surface area contributed by atoms with Crippen LogP contribution in [0.5, 0.6) is 0 Å². The van der Waals surface area contributed by atoms with E-state index in [-0.39, 0.29) is 16.9 Å². The molecule has 0 spiro atoms. The number of hydrogen-bond donors (Lipinski definition) is 4. The maximum absolute atomic E-state index is 13.4. The summed E-state index contributed by atoms with van der Waals surface area (Å²) in [6, 6.07) is 5.52. The molecule has 4 nitrogen and oxygen atoms in total. The first kappa shape index (κ1) is 20.0. The first-order valence-corrected chi connectivity index (χ1v) is 8.03. The lowest BCUT2D eigenvalue weighted by Gasteiger charge is -2.19. The third kappa shape index (κ3) is 5.88. The van der Waals surface area contributed by atoms with E-state index in [2.05, 4.69) is 36.7 Å². The molecule has 2 rings (SSSR count). The van der Waals surface area contributed by atoms with Gasteiger partial charge in [0.15, 0.2) is 0 Å². The van der Waals surface area contributed by atoms with Crippen molar-refractivity contribution in [2.45, 2.75) is 27.2 Å². The van der Waals surface area contributed by atoms with Crippen LogP contribution in [0.2, 0.25) is 0 Å². The van der Waals surface area contributed by atoms with Gasteiger partial charge in [0.1, 0.15) is 11.6 Å². The van der Waals surface area contributed by atoms with Crippen LogP contribution in [0.3, 0.4) is 0 Å². The second-order valence-electron chi connectivity index (χ2n) is 6.71. The van der Waals surface area contributed by atoms with Crippen LogP contribution in [0, 0.1) is 17.0 Å². The van der Waals surface area contributed by atoms with Gasteiger partial charge < -0.3 is 22.9 Å². The van der Waals surface area contributed by atoms with Crippen LogP contribution in [-0.2, 0) is 6.42 Å². The van der Waals surface area contributed by atoms with Crippen LogP contribution in [0.1, 0.15) is 26.3 Å². The number of nitrogens with two attached hydrogens (primary N) is 4. The zero-order valence-electron chi connectivity index (χ0n) is 14.0. The van der Waals surface area contributed by atoms with Gasteiger partial charge in [-0.25, -0.2) is 8.78 Å². The molecule has 0 aliphatic heterocycles. The van der Waals surface area contributed by atoms with E-state index in [0.29, 0.717) is 33.5 Å². The second kappa shape index (κ2) is 7.70. The molecule has 0 aromatic heterocycles. The zero-order chi connectivity index (χ0) is 18.7. The van der Waals surface area contributed by atoms with Gasteiger partial charge >= 0.3 is 0 Å². The Morgan fingerprint density at radius 1 is 0.792 bits per heavy atom. The molecule has 0 fully saturated rings. The normalized spacial score (nSPS) is 10.9. The van der Waals surface area contributed by atoms with Gasteiger partial charge in [-0.05, 0) is 51.5 Å². The Kier molecular flexibility index (Phi) is 6.42. The summed E-state index contributed by atoms with van der Waals surface area (Å²) in [6.07, 6.45) is 0.656. The summed E-state index contributed by atoms with van der Waals surface area (Å²) < 4.78 is 26.3. The maximum atomic E-state index is 13.4.